The van der Waals surface area contributed by atoms with E-state index in [0.717, 1.165) is 36.8 Å². The van der Waals surface area contributed by atoms with Crippen LogP contribution in [-0.4, -0.2) is 49.7 Å². The molecule has 162 valence electrons. The summed E-state index contributed by atoms with van der Waals surface area (Å²) < 4.78 is 11.5. The molecule has 2 aromatic rings. The average Bonchev–Trinajstić information content (AvgIpc) is 3.24. The van der Waals surface area contributed by atoms with Crippen molar-refractivity contribution < 1.29 is 9.47 Å². The van der Waals surface area contributed by atoms with Crippen molar-refractivity contribution in [3.05, 3.63) is 54.1 Å². The van der Waals surface area contributed by atoms with Crippen LogP contribution in [0.3, 0.4) is 0 Å². The van der Waals surface area contributed by atoms with Crippen LogP contribution < -0.4 is 20.5 Å². The second-order valence-electron chi connectivity index (χ2n) is 7.87. The van der Waals surface area contributed by atoms with Crippen molar-refractivity contribution in [1.82, 2.24) is 4.90 Å². The predicted octanol–water partition coefficient (Wildman–Crippen LogP) is 3.92. The molecule has 0 amide bonds. The minimum Gasteiger partial charge on any atom is -0.492 e. The second-order valence-corrected chi connectivity index (χ2v) is 7.87. The minimum absolute atomic E-state index is 0.158. The Bertz CT molecular complexity index is 782. The van der Waals surface area contributed by atoms with Crippen LogP contribution in [0.2, 0.25) is 0 Å². The van der Waals surface area contributed by atoms with E-state index in [1.165, 1.54) is 31.5 Å². The minimum atomic E-state index is 0.158. The van der Waals surface area contributed by atoms with Gasteiger partial charge in [-0.3, -0.25) is 9.89 Å². The number of nitrogens with one attached hydrogen (secondary N) is 1. The van der Waals surface area contributed by atoms with E-state index in [0.29, 0.717) is 12.5 Å². The number of ether oxygens (including phenoxy) is 2. The Morgan fingerprint density at radius 3 is 2.37 bits per heavy atom. The van der Waals surface area contributed by atoms with Gasteiger partial charge in [-0.05, 0) is 88.2 Å². The number of benzene rings is 2. The third-order valence-corrected chi connectivity index (χ3v) is 4.98. The molecule has 3 rings (SSSR count). The number of hydrogen-bond donors (Lipinski definition) is 2. The zero-order chi connectivity index (χ0) is 21.2. The predicted molar refractivity (Wildman–Crippen MR) is 124 cm³/mol. The molecule has 0 spiro atoms. The van der Waals surface area contributed by atoms with Crippen molar-refractivity contribution >= 4 is 11.6 Å². The fourth-order valence-corrected chi connectivity index (χ4v) is 3.43. The quantitative estimate of drug-likeness (QED) is 0.459. The smallest absolute Gasteiger partial charge is 0.193 e. The molecular formula is C24H34N4O2. The maximum absolute atomic E-state index is 6.00. The van der Waals surface area contributed by atoms with Gasteiger partial charge in [0.15, 0.2) is 5.96 Å². The summed E-state index contributed by atoms with van der Waals surface area (Å²) in [4.78, 5) is 6.87. The largest absolute Gasteiger partial charge is 0.492 e. The summed E-state index contributed by atoms with van der Waals surface area (Å²) in [5.74, 6) is 2.18. The molecule has 1 aliphatic rings. The number of nitrogens with zero attached hydrogens (tertiary/aromatic N) is 2. The van der Waals surface area contributed by atoms with Crippen molar-refractivity contribution in [2.24, 2.45) is 10.7 Å². The van der Waals surface area contributed by atoms with E-state index in [1.54, 1.807) is 0 Å². The molecule has 3 N–H and O–H groups in total. The number of likely N-dealkylation sites (tertiary alicyclic amines) is 1. The van der Waals surface area contributed by atoms with Crippen LogP contribution in [0.5, 0.6) is 11.5 Å². The fourth-order valence-electron chi connectivity index (χ4n) is 3.43. The van der Waals surface area contributed by atoms with Gasteiger partial charge in [0.05, 0.1) is 6.10 Å². The van der Waals surface area contributed by atoms with E-state index in [4.69, 9.17) is 15.2 Å². The van der Waals surface area contributed by atoms with Crippen LogP contribution in [0.4, 0.5) is 5.69 Å². The normalized spacial score (nSPS) is 14.8. The zero-order valence-electron chi connectivity index (χ0n) is 18.1. The first-order valence-corrected chi connectivity index (χ1v) is 10.9. The van der Waals surface area contributed by atoms with E-state index < -0.39 is 0 Å². The lowest BCUT2D eigenvalue weighted by Gasteiger charge is -2.15. The monoisotopic (exact) mass is 410 g/mol. The molecule has 0 unspecified atom stereocenters. The van der Waals surface area contributed by atoms with Gasteiger partial charge in [-0.1, -0.05) is 12.1 Å². The summed E-state index contributed by atoms with van der Waals surface area (Å²) in [7, 11) is 0. The van der Waals surface area contributed by atoms with Gasteiger partial charge in [0.1, 0.15) is 18.1 Å². The zero-order valence-corrected chi connectivity index (χ0v) is 18.1. The first-order chi connectivity index (χ1) is 14.6. The molecule has 1 heterocycles. The Morgan fingerprint density at radius 1 is 1.03 bits per heavy atom. The number of nitrogens with two attached hydrogens (primary N) is 1. The van der Waals surface area contributed by atoms with E-state index >= 15 is 0 Å². The van der Waals surface area contributed by atoms with Gasteiger partial charge in [-0.15, -0.1) is 0 Å². The molecule has 6 nitrogen and oxygen atoms in total. The Balaban J connectivity index is 1.37. The number of anilines is 1. The molecule has 1 fully saturated rings. The molecule has 0 bridgehead atoms. The van der Waals surface area contributed by atoms with E-state index in [2.05, 4.69) is 27.3 Å². The van der Waals surface area contributed by atoms with E-state index in [-0.39, 0.29) is 6.10 Å². The molecule has 1 saturated heterocycles. The van der Waals surface area contributed by atoms with Gasteiger partial charge in [0.25, 0.3) is 0 Å². The summed E-state index contributed by atoms with van der Waals surface area (Å²) in [5, 5.41) is 3.11. The second kappa shape index (κ2) is 11.5. The van der Waals surface area contributed by atoms with Gasteiger partial charge in [-0.2, -0.15) is 0 Å². The Kier molecular flexibility index (Phi) is 8.39. The Hall–Kier alpha value is -2.73. The fraction of sp³-hybridized carbons (Fsp3) is 0.458. The highest BCUT2D eigenvalue weighted by Crippen LogP contribution is 2.17. The molecule has 1 aliphatic heterocycles. The molecule has 0 atom stereocenters. The van der Waals surface area contributed by atoms with Gasteiger partial charge < -0.3 is 20.5 Å². The molecule has 6 heteroatoms. The molecule has 0 saturated carbocycles. The molecule has 30 heavy (non-hydrogen) atoms. The molecule has 2 aromatic carbocycles. The number of guanidine groups is 1. The molecular weight excluding hydrogens is 376 g/mol. The highest BCUT2D eigenvalue weighted by atomic mass is 16.5. The third kappa shape index (κ3) is 7.59. The van der Waals surface area contributed by atoms with Crippen LogP contribution in [-0.2, 0) is 6.42 Å². The van der Waals surface area contributed by atoms with E-state index in [1.807, 2.05) is 50.2 Å². The Labute approximate surface area is 180 Å². The SMILES string of the molecule is CC(C)Oc1ccc(NC(N)=NCCc2ccc(OCCN3CCCC3)cc2)cc1. The van der Waals surface area contributed by atoms with Crippen molar-refractivity contribution in [2.75, 3.05) is 38.1 Å². The highest BCUT2D eigenvalue weighted by Gasteiger charge is 2.10. The van der Waals surface area contributed by atoms with Crippen LogP contribution >= 0.6 is 0 Å². The first kappa shape index (κ1) is 22.0. The van der Waals surface area contributed by atoms with Crippen LogP contribution in [0, 0.1) is 0 Å². The van der Waals surface area contributed by atoms with Crippen molar-refractivity contribution in [3.63, 3.8) is 0 Å². The molecule has 0 aliphatic carbocycles. The summed E-state index contributed by atoms with van der Waals surface area (Å²) in [5.41, 5.74) is 8.11. The van der Waals surface area contributed by atoms with E-state index in [9.17, 15) is 0 Å². The number of rotatable bonds is 10. The van der Waals surface area contributed by atoms with Crippen molar-refractivity contribution in [2.45, 2.75) is 39.2 Å². The number of aliphatic imine (C=N–C) groups is 1. The van der Waals surface area contributed by atoms with Crippen LogP contribution in [0.25, 0.3) is 0 Å². The third-order valence-electron chi connectivity index (χ3n) is 4.98. The van der Waals surface area contributed by atoms with Crippen molar-refractivity contribution in [3.8, 4) is 11.5 Å². The van der Waals surface area contributed by atoms with Crippen LogP contribution in [0.1, 0.15) is 32.3 Å². The van der Waals surface area contributed by atoms with Gasteiger partial charge in [-0.25, -0.2) is 0 Å². The number of hydrogen-bond acceptors (Lipinski definition) is 4. The highest BCUT2D eigenvalue weighted by molar-refractivity contribution is 5.92. The molecule has 0 aromatic heterocycles. The molecule has 0 radical (unpaired) electrons. The topological polar surface area (TPSA) is 72.1 Å². The lowest BCUT2D eigenvalue weighted by atomic mass is 10.1. The maximum Gasteiger partial charge on any atom is 0.193 e. The average molecular weight is 411 g/mol. The standard InChI is InChI=1S/C24H34N4O2/c1-19(2)30-23-11-7-21(8-12-23)27-24(25)26-14-13-20-5-9-22(10-6-20)29-18-17-28-15-3-4-16-28/h5-12,19H,3-4,13-18H2,1-2H3,(H3,25,26,27). The first-order valence-electron chi connectivity index (χ1n) is 10.9. The van der Waals surface area contributed by atoms with Crippen LogP contribution in [0.15, 0.2) is 53.5 Å². The van der Waals surface area contributed by atoms with Gasteiger partial charge in [0.2, 0.25) is 0 Å². The summed E-state index contributed by atoms with van der Waals surface area (Å²) >= 11 is 0. The summed E-state index contributed by atoms with van der Waals surface area (Å²) in [6.45, 7) is 8.81. The van der Waals surface area contributed by atoms with Crippen molar-refractivity contribution in [1.29, 1.82) is 0 Å². The Morgan fingerprint density at radius 2 is 1.70 bits per heavy atom. The maximum atomic E-state index is 6.00. The van der Waals surface area contributed by atoms with Gasteiger partial charge >= 0.3 is 0 Å². The summed E-state index contributed by atoms with van der Waals surface area (Å²) in [6, 6.07) is 16.0. The summed E-state index contributed by atoms with van der Waals surface area (Å²) in [6.07, 6.45) is 3.62. The lowest BCUT2D eigenvalue weighted by Crippen LogP contribution is -2.25. The van der Waals surface area contributed by atoms with Gasteiger partial charge in [0, 0.05) is 18.8 Å². The lowest BCUT2D eigenvalue weighted by molar-refractivity contribution is 0.238.